The van der Waals surface area contributed by atoms with E-state index in [4.69, 9.17) is 0 Å². The maximum Gasteiger partial charge on any atom is 0.0309 e. The van der Waals surface area contributed by atoms with E-state index in [9.17, 15) is 0 Å². The van der Waals surface area contributed by atoms with E-state index >= 15 is 0 Å². The molecule has 19 heavy (non-hydrogen) atoms. The van der Waals surface area contributed by atoms with Gasteiger partial charge in [0.25, 0.3) is 0 Å². The van der Waals surface area contributed by atoms with Gasteiger partial charge in [0.1, 0.15) is 0 Å². The van der Waals surface area contributed by atoms with Crippen LogP contribution in [0.25, 0.3) is 0 Å². The predicted molar refractivity (Wildman–Crippen MR) is 83.5 cm³/mol. The van der Waals surface area contributed by atoms with E-state index in [2.05, 4.69) is 37.9 Å². The lowest BCUT2D eigenvalue weighted by Gasteiger charge is -2.48. The van der Waals surface area contributed by atoms with E-state index in [1.807, 2.05) is 0 Å². The van der Waals surface area contributed by atoms with Crippen molar-refractivity contribution in [3.05, 3.63) is 0 Å². The number of nitrogens with one attached hydrogen (secondary N) is 1. The second kappa shape index (κ2) is 6.58. The minimum Gasteiger partial charge on any atom is -0.308 e. The smallest absolute Gasteiger partial charge is 0.0309 e. The van der Waals surface area contributed by atoms with Crippen LogP contribution in [0.2, 0.25) is 0 Å². The molecule has 1 heterocycles. The molecule has 0 aromatic heterocycles. The van der Waals surface area contributed by atoms with Crippen LogP contribution in [0.5, 0.6) is 0 Å². The third kappa shape index (κ3) is 3.95. The Morgan fingerprint density at radius 2 is 1.84 bits per heavy atom. The molecule has 112 valence electrons. The number of rotatable bonds is 5. The van der Waals surface area contributed by atoms with Gasteiger partial charge in [-0.2, -0.15) is 0 Å². The van der Waals surface area contributed by atoms with Gasteiger partial charge in [0, 0.05) is 24.7 Å². The summed E-state index contributed by atoms with van der Waals surface area (Å²) in [6.07, 6.45) is 8.41. The first kappa shape index (κ1) is 15.3. The fraction of sp³-hybridized carbons (Fsp3) is 1.00. The molecule has 0 aromatic carbocycles. The summed E-state index contributed by atoms with van der Waals surface area (Å²) in [4.78, 5) is 2.81. The molecule has 0 aromatic rings. The van der Waals surface area contributed by atoms with Gasteiger partial charge < -0.3 is 5.32 Å². The lowest BCUT2D eigenvalue weighted by molar-refractivity contribution is 0.0550. The SMILES string of the molecule is CC(C)CCCN1CC2(CCCC2)NCC1C(C)C. The fourth-order valence-corrected chi connectivity index (χ4v) is 4.00. The van der Waals surface area contributed by atoms with Crippen molar-refractivity contribution in [3.63, 3.8) is 0 Å². The normalized spacial score (nSPS) is 27.8. The quantitative estimate of drug-likeness (QED) is 0.817. The highest BCUT2D eigenvalue weighted by Gasteiger charge is 2.41. The minimum atomic E-state index is 0.475. The Labute approximate surface area is 120 Å². The molecule has 1 aliphatic carbocycles. The summed E-state index contributed by atoms with van der Waals surface area (Å²) < 4.78 is 0. The molecule has 2 nitrogen and oxygen atoms in total. The van der Waals surface area contributed by atoms with E-state index in [0.29, 0.717) is 5.54 Å². The van der Waals surface area contributed by atoms with E-state index in [1.165, 1.54) is 58.2 Å². The molecule has 1 saturated carbocycles. The van der Waals surface area contributed by atoms with Gasteiger partial charge in [0.2, 0.25) is 0 Å². The van der Waals surface area contributed by atoms with Gasteiger partial charge in [-0.1, -0.05) is 40.5 Å². The first-order valence-corrected chi connectivity index (χ1v) is 8.51. The molecular weight excluding hydrogens is 232 g/mol. The number of nitrogens with zero attached hydrogens (tertiary/aromatic N) is 1. The van der Waals surface area contributed by atoms with Crippen LogP contribution < -0.4 is 5.32 Å². The molecule has 2 heteroatoms. The molecule has 1 unspecified atom stereocenters. The zero-order valence-electron chi connectivity index (χ0n) is 13.5. The van der Waals surface area contributed by atoms with Crippen molar-refractivity contribution in [2.45, 2.75) is 77.8 Å². The molecule has 1 N–H and O–H groups in total. The van der Waals surface area contributed by atoms with Crippen molar-refractivity contribution in [1.29, 1.82) is 0 Å². The molecule has 1 atom stereocenters. The first-order chi connectivity index (χ1) is 9.02. The Kier molecular flexibility index (Phi) is 5.30. The maximum atomic E-state index is 3.91. The summed E-state index contributed by atoms with van der Waals surface area (Å²) in [6, 6.07) is 0.749. The van der Waals surface area contributed by atoms with Gasteiger partial charge in [-0.25, -0.2) is 0 Å². The minimum absolute atomic E-state index is 0.475. The molecule has 1 aliphatic heterocycles. The van der Waals surface area contributed by atoms with Gasteiger partial charge in [-0.05, 0) is 44.1 Å². The first-order valence-electron chi connectivity index (χ1n) is 8.51. The van der Waals surface area contributed by atoms with Gasteiger partial charge >= 0.3 is 0 Å². The van der Waals surface area contributed by atoms with Crippen LogP contribution in [-0.2, 0) is 0 Å². The summed E-state index contributed by atoms with van der Waals surface area (Å²) >= 11 is 0. The van der Waals surface area contributed by atoms with Crippen molar-refractivity contribution >= 4 is 0 Å². The van der Waals surface area contributed by atoms with Crippen LogP contribution in [0, 0.1) is 11.8 Å². The second-order valence-electron chi connectivity index (χ2n) is 7.69. The maximum absolute atomic E-state index is 3.91. The van der Waals surface area contributed by atoms with Crippen LogP contribution in [0.4, 0.5) is 0 Å². The van der Waals surface area contributed by atoms with E-state index < -0.39 is 0 Å². The summed E-state index contributed by atoms with van der Waals surface area (Å²) in [5, 5.41) is 3.91. The van der Waals surface area contributed by atoms with Crippen LogP contribution in [-0.4, -0.2) is 36.1 Å². The van der Waals surface area contributed by atoms with Crippen LogP contribution in [0.1, 0.15) is 66.2 Å². The zero-order valence-corrected chi connectivity index (χ0v) is 13.5. The second-order valence-corrected chi connectivity index (χ2v) is 7.69. The molecule has 2 rings (SSSR count). The van der Waals surface area contributed by atoms with E-state index in [-0.39, 0.29) is 0 Å². The summed E-state index contributed by atoms with van der Waals surface area (Å²) in [7, 11) is 0. The third-order valence-electron chi connectivity index (χ3n) is 5.22. The molecule has 2 fully saturated rings. The molecular formula is C17H34N2. The largest absolute Gasteiger partial charge is 0.308 e. The van der Waals surface area contributed by atoms with Crippen molar-refractivity contribution in [2.24, 2.45) is 11.8 Å². The Bertz CT molecular complexity index is 266. The fourth-order valence-electron chi connectivity index (χ4n) is 4.00. The molecule has 0 amide bonds. The van der Waals surface area contributed by atoms with Crippen molar-refractivity contribution < 1.29 is 0 Å². The molecule has 1 saturated heterocycles. The van der Waals surface area contributed by atoms with Crippen LogP contribution >= 0.6 is 0 Å². The Morgan fingerprint density at radius 3 is 2.42 bits per heavy atom. The highest BCUT2D eigenvalue weighted by molar-refractivity contribution is 5.01. The predicted octanol–water partition coefficient (Wildman–Crippen LogP) is 3.67. The van der Waals surface area contributed by atoms with Gasteiger partial charge in [-0.15, -0.1) is 0 Å². The third-order valence-corrected chi connectivity index (χ3v) is 5.22. The highest BCUT2D eigenvalue weighted by atomic mass is 15.3. The highest BCUT2D eigenvalue weighted by Crippen LogP contribution is 2.34. The topological polar surface area (TPSA) is 15.3 Å². The average molecular weight is 266 g/mol. The Morgan fingerprint density at radius 1 is 1.16 bits per heavy atom. The number of hydrogen-bond donors (Lipinski definition) is 1. The lowest BCUT2D eigenvalue weighted by Crippen LogP contribution is -2.64. The zero-order chi connectivity index (χ0) is 13.9. The summed E-state index contributed by atoms with van der Waals surface area (Å²) in [6.45, 7) is 13.3. The van der Waals surface area contributed by atoms with E-state index in [1.54, 1.807) is 0 Å². The monoisotopic (exact) mass is 266 g/mol. The van der Waals surface area contributed by atoms with Crippen LogP contribution in [0.15, 0.2) is 0 Å². The van der Waals surface area contributed by atoms with Crippen molar-refractivity contribution in [1.82, 2.24) is 10.2 Å². The molecule has 1 spiro atoms. The molecule has 0 radical (unpaired) electrons. The Balaban J connectivity index is 1.92. The number of piperazine rings is 1. The van der Waals surface area contributed by atoms with Gasteiger partial charge in [0.05, 0.1) is 0 Å². The van der Waals surface area contributed by atoms with Crippen molar-refractivity contribution in [3.8, 4) is 0 Å². The van der Waals surface area contributed by atoms with Crippen molar-refractivity contribution in [2.75, 3.05) is 19.6 Å². The standard InChI is InChI=1S/C17H34N2/c1-14(2)8-7-11-19-13-17(9-5-6-10-17)18-12-16(19)15(3)4/h14-16,18H,5-13H2,1-4H3. The van der Waals surface area contributed by atoms with Crippen LogP contribution in [0.3, 0.4) is 0 Å². The Hall–Kier alpha value is -0.0800. The lowest BCUT2D eigenvalue weighted by atomic mass is 9.89. The summed E-state index contributed by atoms with van der Waals surface area (Å²) in [5.74, 6) is 1.62. The van der Waals surface area contributed by atoms with Gasteiger partial charge in [0.15, 0.2) is 0 Å². The molecule has 0 bridgehead atoms. The number of hydrogen-bond acceptors (Lipinski definition) is 2. The summed E-state index contributed by atoms with van der Waals surface area (Å²) in [5.41, 5.74) is 0.475. The molecule has 2 aliphatic rings. The van der Waals surface area contributed by atoms with E-state index in [0.717, 1.165) is 17.9 Å². The average Bonchev–Trinajstić information content (AvgIpc) is 2.76. The van der Waals surface area contributed by atoms with Gasteiger partial charge in [-0.3, -0.25) is 4.90 Å².